The Labute approximate surface area is 142 Å². The number of hydrogen-bond donors (Lipinski definition) is 2. The van der Waals surface area contributed by atoms with Gasteiger partial charge in [-0.15, -0.1) is 0 Å². The summed E-state index contributed by atoms with van der Waals surface area (Å²) in [6.07, 6.45) is 2.45. The zero-order valence-electron chi connectivity index (χ0n) is 13.5. The molecule has 0 saturated carbocycles. The van der Waals surface area contributed by atoms with E-state index in [4.69, 9.17) is 11.6 Å². The van der Waals surface area contributed by atoms with Crippen LogP contribution in [0.1, 0.15) is 29.8 Å². The molecule has 122 valence electrons. The summed E-state index contributed by atoms with van der Waals surface area (Å²) in [5, 5.41) is 6.87. The number of carbonyl (C=O) groups excluding carboxylic acids is 1. The first kappa shape index (κ1) is 17.3. The maximum Gasteiger partial charge on any atom is 0.252 e. The third-order valence-corrected chi connectivity index (χ3v) is 3.54. The Kier molecular flexibility index (Phi) is 6.41. The van der Waals surface area contributed by atoms with Crippen molar-refractivity contribution in [3.63, 3.8) is 0 Å². The molecule has 1 amide bonds. The summed E-state index contributed by atoms with van der Waals surface area (Å²) in [6.45, 7) is 5.54. The molecule has 0 unspecified atom stereocenters. The van der Waals surface area contributed by atoms with Gasteiger partial charge in [0.2, 0.25) is 0 Å². The fourth-order valence-corrected chi connectivity index (χ4v) is 2.27. The van der Waals surface area contributed by atoms with Crippen LogP contribution in [0.25, 0.3) is 0 Å². The first-order valence-corrected chi connectivity index (χ1v) is 8.15. The topological polar surface area (TPSA) is 54.0 Å². The van der Waals surface area contributed by atoms with E-state index in [1.807, 2.05) is 30.3 Å². The van der Waals surface area contributed by atoms with Gasteiger partial charge < -0.3 is 10.6 Å². The predicted octanol–water partition coefficient (Wildman–Crippen LogP) is 3.78. The minimum absolute atomic E-state index is 0.0864. The number of rotatable bonds is 7. The quantitative estimate of drug-likeness (QED) is 0.812. The van der Waals surface area contributed by atoms with E-state index in [0.29, 0.717) is 18.0 Å². The Morgan fingerprint density at radius 3 is 2.74 bits per heavy atom. The SMILES string of the molecule is CC(C)CNC(=O)c1ccc(NCCc2cccc(Cl)c2)nc1. The lowest BCUT2D eigenvalue weighted by Crippen LogP contribution is -2.27. The molecule has 0 aliphatic carbocycles. The van der Waals surface area contributed by atoms with Crippen LogP contribution in [0.2, 0.25) is 5.02 Å². The predicted molar refractivity (Wildman–Crippen MR) is 95.1 cm³/mol. The van der Waals surface area contributed by atoms with E-state index in [2.05, 4.69) is 29.5 Å². The van der Waals surface area contributed by atoms with E-state index in [9.17, 15) is 4.79 Å². The van der Waals surface area contributed by atoms with E-state index < -0.39 is 0 Å². The Balaban J connectivity index is 1.81. The zero-order chi connectivity index (χ0) is 16.7. The van der Waals surface area contributed by atoms with Crippen LogP contribution in [0.5, 0.6) is 0 Å². The molecule has 2 rings (SSSR count). The fourth-order valence-electron chi connectivity index (χ4n) is 2.06. The van der Waals surface area contributed by atoms with E-state index >= 15 is 0 Å². The third kappa shape index (κ3) is 5.91. The number of aromatic nitrogens is 1. The Morgan fingerprint density at radius 2 is 2.09 bits per heavy atom. The molecule has 0 spiro atoms. The van der Waals surface area contributed by atoms with Crippen LogP contribution in [0.4, 0.5) is 5.82 Å². The number of hydrogen-bond acceptors (Lipinski definition) is 3. The average molecular weight is 332 g/mol. The van der Waals surface area contributed by atoms with Crippen molar-refractivity contribution in [2.75, 3.05) is 18.4 Å². The normalized spacial score (nSPS) is 10.6. The summed E-state index contributed by atoms with van der Waals surface area (Å²) >= 11 is 5.96. The highest BCUT2D eigenvalue weighted by Gasteiger charge is 2.06. The van der Waals surface area contributed by atoms with Crippen LogP contribution in [0, 0.1) is 5.92 Å². The first-order valence-electron chi connectivity index (χ1n) is 7.77. The fraction of sp³-hybridized carbons (Fsp3) is 0.333. The lowest BCUT2D eigenvalue weighted by atomic mass is 10.1. The summed E-state index contributed by atoms with van der Waals surface area (Å²) in [7, 11) is 0. The van der Waals surface area contributed by atoms with Crippen LogP contribution in [-0.4, -0.2) is 24.0 Å². The molecule has 23 heavy (non-hydrogen) atoms. The molecule has 1 aromatic carbocycles. The Morgan fingerprint density at radius 1 is 1.26 bits per heavy atom. The summed E-state index contributed by atoms with van der Waals surface area (Å²) in [5.74, 6) is 1.10. The van der Waals surface area contributed by atoms with Crippen LogP contribution >= 0.6 is 11.6 Å². The highest BCUT2D eigenvalue weighted by atomic mass is 35.5. The van der Waals surface area contributed by atoms with E-state index in [1.165, 1.54) is 5.56 Å². The third-order valence-electron chi connectivity index (χ3n) is 3.31. The highest BCUT2D eigenvalue weighted by molar-refractivity contribution is 6.30. The number of pyridine rings is 1. The molecular weight excluding hydrogens is 310 g/mol. The van der Waals surface area contributed by atoms with Crippen molar-refractivity contribution in [1.29, 1.82) is 0 Å². The smallest absolute Gasteiger partial charge is 0.252 e. The number of carbonyl (C=O) groups is 1. The maximum absolute atomic E-state index is 11.9. The number of anilines is 1. The van der Waals surface area contributed by atoms with Crippen molar-refractivity contribution in [2.45, 2.75) is 20.3 Å². The summed E-state index contributed by atoms with van der Waals surface area (Å²) in [6, 6.07) is 11.4. The van der Waals surface area contributed by atoms with Crippen molar-refractivity contribution < 1.29 is 4.79 Å². The summed E-state index contributed by atoms with van der Waals surface area (Å²) in [5.41, 5.74) is 1.75. The van der Waals surface area contributed by atoms with Crippen LogP contribution in [0.15, 0.2) is 42.6 Å². The van der Waals surface area contributed by atoms with Gasteiger partial charge in [-0.2, -0.15) is 0 Å². The van der Waals surface area contributed by atoms with Gasteiger partial charge in [-0.1, -0.05) is 37.6 Å². The first-order chi connectivity index (χ1) is 11.0. The Bertz CT molecular complexity index is 641. The minimum Gasteiger partial charge on any atom is -0.370 e. The molecule has 1 heterocycles. The lowest BCUT2D eigenvalue weighted by Gasteiger charge is -2.09. The van der Waals surface area contributed by atoms with Crippen molar-refractivity contribution in [1.82, 2.24) is 10.3 Å². The molecule has 0 bridgehead atoms. The van der Waals surface area contributed by atoms with Crippen molar-refractivity contribution >= 4 is 23.3 Å². The van der Waals surface area contributed by atoms with Gasteiger partial charge >= 0.3 is 0 Å². The molecule has 0 fully saturated rings. The number of nitrogens with zero attached hydrogens (tertiary/aromatic N) is 1. The van der Waals surface area contributed by atoms with Crippen LogP contribution < -0.4 is 10.6 Å². The van der Waals surface area contributed by atoms with Gasteiger partial charge in [-0.3, -0.25) is 4.79 Å². The van der Waals surface area contributed by atoms with Gasteiger partial charge in [0.1, 0.15) is 5.82 Å². The molecule has 0 atom stereocenters. The van der Waals surface area contributed by atoms with E-state index in [0.717, 1.165) is 23.8 Å². The molecular formula is C18H22ClN3O. The van der Waals surface area contributed by atoms with E-state index in [1.54, 1.807) is 12.3 Å². The standard InChI is InChI=1S/C18H22ClN3O/c1-13(2)11-22-18(23)15-6-7-17(21-12-15)20-9-8-14-4-3-5-16(19)10-14/h3-7,10,12-13H,8-9,11H2,1-2H3,(H,20,21)(H,22,23). The average Bonchev–Trinajstić information content (AvgIpc) is 2.53. The monoisotopic (exact) mass is 331 g/mol. The minimum atomic E-state index is -0.0864. The number of benzene rings is 1. The molecule has 0 aliphatic heterocycles. The second kappa shape index (κ2) is 8.53. The van der Waals surface area contributed by atoms with Gasteiger partial charge in [-0.25, -0.2) is 4.98 Å². The summed E-state index contributed by atoms with van der Waals surface area (Å²) < 4.78 is 0. The molecule has 4 nitrogen and oxygen atoms in total. The second-order valence-corrected chi connectivity index (χ2v) is 6.28. The number of nitrogens with one attached hydrogen (secondary N) is 2. The summed E-state index contributed by atoms with van der Waals surface area (Å²) in [4.78, 5) is 16.2. The maximum atomic E-state index is 11.9. The second-order valence-electron chi connectivity index (χ2n) is 5.84. The van der Waals surface area contributed by atoms with Crippen LogP contribution in [-0.2, 0) is 6.42 Å². The van der Waals surface area contributed by atoms with Crippen molar-refractivity contribution in [3.8, 4) is 0 Å². The van der Waals surface area contributed by atoms with Gasteiger partial charge in [0, 0.05) is 24.3 Å². The van der Waals surface area contributed by atoms with E-state index in [-0.39, 0.29) is 5.91 Å². The van der Waals surface area contributed by atoms with Crippen LogP contribution in [0.3, 0.4) is 0 Å². The molecule has 0 radical (unpaired) electrons. The Hall–Kier alpha value is -2.07. The van der Waals surface area contributed by atoms with Gasteiger partial charge in [-0.05, 0) is 42.2 Å². The molecule has 0 aliphatic rings. The molecule has 2 N–H and O–H groups in total. The molecule has 2 aromatic rings. The lowest BCUT2D eigenvalue weighted by molar-refractivity contribution is 0.0948. The highest BCUT2D eigenvalue weighted by Crippen LogP contribution is 2.11. The molecule has 5 heteroatoms. The van der Waals surface area contributed by atoms with Gasteiger partial charge in [0.25, 0.3) is 5.91 Å². The van der Waals surface area contributed by atoms with Gasteiger partial charge in [0.15, 0.2) is 0 Å². The molecule has 1 aromatic heterocycles. The zero-order valence-corrected chi connectivity index (χ0v) is 14.2. The largest absolute Gasteiger partial charge is 0.370 e. The van der Waals surface area contributed by atoms with Gasteiger partial charge in [0.05, 0.1) is 5.56 Å². The van der Waals surface area contributed by atoms with Crippen molar-refractivity contribution in [2.24, 2.45) is 5.92 Å². The van der Waals surface area contributed by atoms with Crippen molar-refractivity contribution in [3.05, 3.63) is 58.7 Å². The molecule has 0 saturated heterocycles. The number of halogens is 1. The number of amides is 1.